The van der Waals surface area contributed by atoms with E-state index in [1.165, 1.54) is 0 Å². The standard InChI is InChI=1S/C23H22Cl2N4O2/c1-29(2)20-12-11-16(27-23(31)28-19-10-6-9-18(24)21(19)25)13-17(20)22(30)26-14-15-7-4-3-5-8-15/h3-13H,14H2,1-2H3,(H,26,30)(H2,27,28,31). The molecule has 6 nitrogen and oxygen atoms in total. The van der Waals surface area contributed by atoms with Gasteiger partial charge in [0.1, 0.15) is 0 Å². The van der Waals surface area contributed by atoms with Gasteiger partial charge in [0.05, 0.1) is 21.3 Å². The summed E-state index contributed by atoms with van der Waals surface area (Å²) in [6.07, 6.45) is 0. The topological polar surface area (TPSA) is 73.5 Å². The van der Waals surface area contributed by atoms with Gasteiger partial charge in [-0.3, -0.25) is 4.79 Å². The minimum atomic E-state index is -0.502. The van der Waals surface area contributed by atoms with Crippen molar-refractivity contribution >= 4 is 52.2 Å². The Balaban J connectivity index is 1.75. The summed E-state index contributed by atoms with van der Waals surface area (Å²) >= 11 is 12.1. The van der Waals surface area contributed by atoms with Crippen molar-refractivity contribution in [2.24, 2.45) is 0 Å². The van der Waals surface area contributed by atoms with E-state index in [1.807, 2.05) is 49.3 Å². The molecule has 0 aliphatic rings. The number of carbonyl (C=O) groups excluding carboxylic acids is 2. The molecule has 3 rings (SSSR count). The Morgan fingerprint density at radius 1 is 0.903 bits per heavy atom. The molecule has 3 amide bonds. The maximum Gasteiger partial charge on any atom is 0.323 e. The average Bonchev–Trinajstić information content (AvgIpc) is 2.75. The molecule has 0 aliphatic carbocycles. The molecule has 0 unspecified atom stereocenters. The first-order chi connectivity index (χ1) is 14.8. The van der Waals surface area contributed by atoms with Gasteiger partial charge in [-0.15, -0.1) is 0 Å². The van der Waals surface area contributed by atoms with Crippen LogP contribution in [0.1, 0.15) is 15.9 Å². The summed E-state index contributed by atoms with van der Waals surface area (Å²) in [6, 6.07) is 19.2. The minimum absolute atomic E-state index is 0.241. The van der Waals surface area contributed by atoms with Gasteiger partial charge in [-0.2, -0.15) is 0 Å². The van der Waals surface area contributed by atoms with Gasteiger partial charge in [-0.25, -0.2) is 4.79 Å². The van der Waals surface area contributed by atoms with Crippen molar-refractivity contribution in [2.75, 3.05) is 29.6 Å². The minimum Gasteiger partial charge on any atom is -0.377 e. The Bertz CT molecular complexity index is 1090. The number of hydrogen-bond acceptors (Lipinski definition) is 3. The van der Waals surface area contributed by atoms with Gasteiger partial charge in [0.2, 0.25) is 0 Å². The normalized spacial score (nSPS) is 10.3. The summed E-state index contributed by atoms with van der Waals surface area (Å²) in [6.45, 7) is 0.401. The summed E-state index contributed by atoms with van der Waals surface area (Å²) in [5.41, 5.74) is 3.02. The van der Waals surface area contributed by atoms with Crippen LogP contribution in [0, 0.1) is 0 Å². The van der Waals surface area contributed by atoms with E-state index in [-0.39, 0.29) is 10.9 Å². The highest BCUT2D eigenvalue weighted by atomic mass is 35.5. The number of benzene rings is 3. The van der Waals surface area contributed by atoms with Crippen LogP contribution < -0.4 is 20.9 Å². The van der Waals surface area contributed by atoms with Gasteiger partial charge in [0, 0.05) is 32.0 Å². The molecule has 0 saturated carbocycles. The predicted molar refractivity (Wildman–Crippen MR) is 127 cm³/mol. The molecular formula is C23H22Cl2N4O2. The highest BCUT2D eigenvalue weighted by Gasteiger charge is 2.15. The number of hydrogen-bond donors (Lipinski definition) is 3. The highest BCUT2D eigenvalue weighted by molar-refractivity contribution is 6.44. The molecule has 0 atom stereocenters. The van der Waals surface area contributed by atoms with Crippen LogP contribution in [0.2, 0.25) is 10.0 Å². The molecule has 0 bridgehead atoms. The van der Waals surface area contributed by atoms with Gasteiger partial charge in [0.25, 0.3) is 5.91 Å². The lowest BCUT2D eigenvalue weighted by atomic mass is 10.1. The van der Waals surface area contributed by atoms with Crippen molar-refractivity contribution in [1.29, 1.82) is 0 Å². The second-order valence-electron chi connectivity index (χ2n) is 6.98. The maximum atomic E-state index is 12.9. The summed E-state index contributed by atoms with van der Waals surface area (Å²) in [4.78, 5) is 27.1. The van der Waals surface area contributed by atoms with Gasteiger partial charge >= 0.3 is 6.03 Å². The molecule has 3 aromatic rings. The SMILES string of the molecule is CN(C)c1ccc(NC(=O)Nc2cccc(Cl)c2Cl)cc1C(=O)NCc1ccccc1. The lowest BCUT2D eigenvalue weighted by Crippen LogP contribution is -2.26. The van der Waals surface area contributed by atoms with Crippen LogP contribution in [0.4, 0.5) is 21.9 Å². The van der Waals surface area contributed by atoms with E-state index in [2.05, 4.69) is 16.0 Å². The number of halogens is 2. The summed E-state index contributed by atoms with van der Waals surface area (Å²) in [5.74, 6) is -0.241. The Hall–Kier alpha value is -3.22. The number of amides is 3. The molecule has 160 valence electrons. The second-order valence-corrected chi connectivity index (χ2v) is 7.76. The first-order valence-corrected chi connectivity index (χ1v) is 10.3. The van der Waals surface area contributed by atoms with Crippen LogP contribution in [-0.4, -0.2) is 26.0 Å². The van der Waals surface area contributed by atoms with E-state index in [1.54, 1.807) is 36.4 Å². The zero-order valence-corrected chi connectivity index (χ0v) is 18.6. The molecule has 8 heteroatoms. The van der Waals surface area contributed by atoms with E-state index in [0.717, 1.165) is 11.3 Å². The molecule has 0 fully saturated rings. The van der Waals surface area contributed by atoms with Crippen molar-refractivity contribution in [3.8, 4) is 0 Å². The van der Waals surface area contributed by atoms with Gasteiger partial charge in [-0.1, -0.05) is 59.6 Å². The zero-order chi connectivity index (χ0) is 22.4. The van der Waals surface area contributed by atoms with Crippen molar-refractivity contribution in [3.05, 3.63) is 87.9 Å². The number of nitrogens with one attached hydrogen (secondary N) is 3. The first-order valence-electron chi connectivity index (χ1n) is 9.50. The van der Waals surface area contributed by atoms with Crippen LogP contribution >= 0.6 is 23.2 Å². The van der Waals surface area contributed by atoms with E-state index >= 15 is 0 Å². The highest BCUT2D eigenvalue weighted by Crippen LogP contribution is 2.30. The van der Waals surface area contributed by atoms with Crippen molar-refractivity contribution < 1.29 is 9.59 Å². The molecule has 0 radical (unpaired) electrons. The third kappa shape index (κ3) is 5.90. The monoisotopic (exact) mass is 456 g/mol. The second kappa shape index (κ2) is 10.2. The third-order valence-corrected chi connectivity index (χ3v) is 5.30. The lowest BCUT2D eigenvalue weighted by molar-refractivity contribution is 0.0951. The Kier molecular flexibility index (Phi) is 7.39. The fourth-order valence-electron chi connectivity index (χ4n) is 2.94. The quantitative estimate of drug-likeness (QED) is 0.449. The molecule has 0 saturated heterocycles. The Morgan fingerprint density at radius 2 is 1.65 bits per heavy atom. The predicted octanol–water partition coefficient (Wildman–Crippen LogP) is 5.63. The van der Waals surface area contributed by atoms with E-state index in [0.29, 0.717) is 28.5 Å². The van der Waals surface area contributed by atoms with Crippen molar-refractivity contribution in [3.63, 3.8) is 0 Å². The first kappa shape index (κ1) is 22.5. The van der Waals surface area contributed by atoms with E-state index in [4.69, 9.17) is 23.2 Å². The van der Waals surface area contributed by atoms with E-state index in [9.17, 15) is 9.59 Å². The van der Waals surface area contributed by atoms with Crippen LogP contribution in [0.15, 0.2) is 66.7 Å². The number of carbonyl (C=O) groups is 2. The van der Waals surface area contributed by atoms with Crippen LogP contribution in [-0.2, 0) is 6.54 Å². The largest absolute Gasteiger partial charge is 0.377 e. The van der Waals surface area contributed by atoms with Crippen LogP contribution in [0.25, 0.3) is 0 Å². The molecule has 0 spiro atoms. The number of nitrogens with zero attached hydrogens (tertiary/aromatic N) is 1. The summed E-state index contributed by atoms with van der Waals surface area (Å²) in [5, 5.41) is 8.89. The lowest BCUT2D eigenvalue weighted by Gasteiger charge is -2.19. The van der Waals surface area contributed by atoms with Crippen molar-refractivity contribution in [2.45, 2.75) is 6.54 Å². The Labute approximate surface area is 191 Å². The average molecular weight is 457 g/mol. The Morgan fingerprint density at radius 3 is 2.35 bits per heavy atom. The molecule has 0 heterocycles. The molecular weight excluding hydrogens is 435 g/mol. The fraction of sp³-hybridized carbons (Fsp3) is 0.130. The van der Waals surface area contributed by atoms with Gasteiger partial charge in [0.15, 0.2) is 0 Å². The molecule has 31 heavy (non-hydrogen) atoms. The summed E-state index contributed by atoms with van der Waals surface area (Å²) in [7, 11) is 3.70. The van der Waals surface area contributed by atoms with E-state index < -0.39 is 6.03 Å². The number of rotatable bonds is 6. The molecule has 0 aromatic heterocycles. The zero-order valence-electron chi connectivity index (χ0n) is 17.1. The number of anilines is 3. The maximum absolute atomic E-state index is 12.9. The van der Waals surface area contributed by atoms with Crippen molar-refractivity contribution in [1.82, 2.24) is 5.32 Å². The van der Waals surface area contributed by atoms with Crippen LogP contribution in [0.3, 0.4) is 0 Å². The molecule has 3 N–H and O–H groups in total. The fourth-order valence-corrected chi connectivity index (χ4v) is 3.29. The van der Waals surface area contributed by atoms with Gasteiger partial charge in [-0.05, 0) is 35.9 Å². The van der Waals surface area contributed by atoms with Crippen LogP contribution in [0.5, 0.6) is 0 Å². The number of urea groups is 1. The third-order valence-electron chi connectivity index (χ3n) is 4.48. The van der Waals surface area contributed by atoms with Gasteiger partial charge < -0.3 is 20.9 Å². The molecule has 3 aromatic carbocycles. The molecule has 0 aliphatic heterocycles. The smallest absolute Gasteiger partial charge is 0.323 e. The summed E-state index contributed by atoms with van der Waals surface area (Å²) < 4.78 is 0.